The minimum Gasteiger partial charge on any atom is -0.361 e. The van der Waals surface area contributed by atoms with E-state index in [1.54, 1.807) is 11.3 Å². The molecule has 0 spiro atoms. The molecular formula is C9H11N3OS. The molecule has 2 heterocycles. The normalized spacial score (nSPS) is 10.6. The lowest BCUT2D eigenvalue weighted by Gasteiger charge is -1.97. The summed E-state index contributed by atoms with van der Waals surface area (Å²) in [4.78, 5) is 4.16. The van der Waals surface area contributed by atoms with Crippen molar-refractivity contribution in [3.05, 3.63) is 34.1 Å². The summed E-state index contributed by atoms with van der Waals surface area (Å²) in [6, 6.07) is 1.92. The van der Waals surface area contributed by atoms with Gasteiger partial charge in [0, 0.05) is 24.5 Å². The Labute approximate surface area is 86.0 Å². The van der Waals surface area contributed by atoms with Gasteiger partial charge >= 0.3 is 0 Å². The van der Waals surface area contributed by atoms with Gasteiger partial charge in [0.15, 0.2) is 0 Å². The molecule has 2 rings (SSSR count). The summed E-state index contributed by atoms with van der Waals surface area (Å²) in [5.41, 5.74) is 3.82. The zero-order chi connectivity index (χ0) is 9.80. The maximum absolute atomic E-state index is 4.95. The third-order valence-electron chi connectivity index (χ3n) is 1.77. The minimum atomic E-state index is 0.717. The molecule has 2 aromatic rings. The van der Waals surface area contributed by atoms with Crippen molar-refractivity contribution in [3.63, 3.8) is 0 Å². The Morgan fingerprint density at radius 2 is 2.29 bits per heavy atom. The Hall–Kier alpha value is -1.20. The van der Waals surface area contributed by atoms with E-state index in [4.69, 9.17) is 4.52 Å². The van der Waals surface area contributed by atoms with Gasteiger partial charge in [0.25, 0.3) is 0 Å². The lowest BCUT2D eigenvalue weighted by molar-refractivity contribution is 0.388. The summed E-state index contributed by atoms with van der Waals surface area (Å²) >= 11 is 1.60. The molecule has 0 bridgehead atoms. The molecule has 0 fully saturated rings. The second kappa shape index (κ2) is 4.34. The fourth-order valence-electron chi connectivity index (χ4n) is 1.14. The first-order valence-corrected chi connectivity index (χ1v) is 5.29. The van der Waals surface area contributed by atoms with E-state index in [1.807, 2.05) is 23.9 Å². The van der Waals surface area contributed by atoms with Crippen LogP contribution >= 0.6 is 11.3 Å². The first-order chi connectivity index (χ1) is 6.84. The standard InChI is InChI=1S/C9H11N3OS/c1-7-2-8(12-13-7)3-10-4-9-5-14-6-11-9/h2,5-6,10H,3-4H2,1H3. The molecule has 0 unspecified atom stereocenters. The van der Waals surface area contributed by atoms with E-state index in [0.29, 0.717) is 0 Å². The van der Waals surface area contributed by atoms with Crippen molar-refractivity contribution < 1.29 is 4.52 Å². The number of hydrogen-bond donors (Lipinski definition) is 1. The SMILES string of the molecule is Cc1cc(CNCc2cscn2)no1. The first kappa shape index (κ1) is 9.36. The Morgan fingerprint density at radius 1 is 1.43 bits per heavy atom. The van der Waals surface area contributed by atoms with Crippen LogP contribution in [0.2, 0.25) is 0 Å². The number of nitrogens with one attached hydrogen (secondary N) is 1. The van der Waals surface area contributed by atoms with Gasteiger partial charge in [-0.05, 0) is 6.92 Å². The van der Waals surface area contributed by atoms with Crippen molar-refractivity contribution >= 4 is 11.3 Å². The Bertz CT molecular complexity index is 382. The molecule has 14 heavy (non-hydrogen) atoms. The fourth-order valence-corrected chi connectivity index (χ4v) is 1.70. The van der Waals surface area contributed by atoms with Crippen LogP contribution in [0.15, 0.2) is 21.5 Å². The number of aromatic nitrogens is 2. The highest BCUT2D eigenvalue weighted by Crippen LogP contribution is 2.03. The van der Waals surface area contributed by atoms with Crippen molar-refractivity contribution in [2.24, 2.45) is 0 Å². The van der Waals surface area contributed by atoms with Crippen LogP contribution in [-0.4, -0.2) is 10.1 Å². The maximum Gasteiger partial charge on any atom is 0.133 e. The molecule has 0 aliphatic heterocycles. The molecule has 0 amide bonds. The molecule has 0 atom stereocenters. The molecule has 0 saturated heterocycles. The van der Waals surface area contributed by atoms with Crippen molar-refractivity contribution in [3.8, 4) is 0 Å². The summed E-state index contributed by atoms with van der Waals surface area (Å²) < 4.78 is 4.95. The first-order valence-electron chi connectivity index (χ1n) is 4.34. The highest BCUT2D eigenvalue weighted by Gasteiger charge is 1.99. The zero-order valence-electron chi connectivity index (χ0n) is 7.86. The van der Waals surface area contributed by atoms with Gasteiger partial charge in [0.2, 0.25) is 0 Å². The van der Waals surface area contributed by atoms with Crippen molar-refractivity contribution in [1.29, 1.82) is 0 Å². The molecular weight excluding hydrogens is 198 g/mol. The van der Waals surface area contributed by atoms with Crippen LogP contribution in [0.25, 0.3) is 0 Å². The van der Waals surface area contributed by atoms with Crippen LogP contribution in [0.3, 0.4) is 0 Å². The predicted octanol–water partition coefficient (Wildman–Crippen LogP) is 1.73. The van der Waals surface area contributed by atoms with E-state index in [9.17, 15) is 0 Å². The van der Waals surface area contributed by atoms with Gasteiger partial charge in [-0.1, -0.05) is 5.16 Å². The molecule has 0 aliphatic carbocycles. The van der Waals surface area contributed by atoms with Crippen LogP contribution in [0.4, 0.5) is 0 Å². The molecule has 0 radical (unpaired) electrons. The van der Waals surface area contributed by atoms with Gasteiger partial charge in [-0.2, -0.15) is 0 Å². The smallest absolute Gasteiger partial charge is 0.133 e. The lowest BCUT2D eigenvalue weighted by Crippen LogP contribution is -2.12. The number of hydrogen-bond acceptors (Lipinski definition) is 5. The Morgan fingerprint density at radius 3 is 2.93 bits per heavy atom. The third-order valence-corrected chi connectivity index (χ3v) is 2.41. The largest absolute Gasteiger partial charge is 0.361 e. The summed E-state index contributed by atoms with van der Waals surface area (Å²) in [6.07, 6.45) is 0. The van der Waals surface area contributed by atoms with Gasteiger partial charge < -0.3 is 9.84 Å². The molecule has 4 nitrogen and oxygen atoms in total. The zero-order valence-corrected chi connectivity index (χ0v) is 8.67. The van der Waals surface area contributed by atoms with Crippen molar-refractivity contribution in [1.82, 2.24) is 15.5 Å². The summed E-state index contributed by atoms with van der Waals surface area (Å²) in [6.45, 7) is 3.38. The van der Waals surface area contributed by atoms with Crippen LogP contribution in [0.1, 0.15) is 17.1 Å². The average Bonchev–Trinajstić information content (AvgIpc) is 2.77. The Balaban J connectivity index is 1.78. The molecule has 74 valence electrons. The monoisotopic (exact) mass is 209 g/mol. The third kappa shape index (κ3) is 2.40. The molecule has 1 N–H and O–H groups in total. The van der Waals surface area contributed by atoms with Gasteiger partial charge in [-0.25, -0.2) is 4.98 Å². The number of thiazole rings is 1. The predicted molar refractivity (Wildman–Crippen MR) is 53.9 cm³/mol. The number of aryl methyl sites for hydroxylation is 1. The van der Waals surface area contributed by atoms with E-state index in [1.165, 1.54) is 0 Å². The van der Waals surface area contributed by atoms with E-state index >= 15 is 0 Å². The van der Waals surface area contributed by atoms with Crippen molar-refractivity contribution in [2.75, 3.05) is 0 Å². The fraction of sp³-hybridized carbons (Fsp3) is 0.333. The summed E-state index contributed by atoms with van der Waals surface area (Å²) in [5.74, 6) is 0.843. The summed E-state index contributed by atoms with van der Waals surface area (Å²) in [5, 5.41) is 9.15. The number of rotatable bonds is 4. The van der Waals surface area contributed by atoms with Gasteiger partial charge in [-0.15, -0.1) is 11.3 Å². The topological polar surface area (TPSA) is 51.0 Å². The Kier molecular flexibility index (Phi) is 2.90. The second-order valence-corrected chi connectivity index (χ2v) is 3.73. The van der Waals surface area contributed by atoms with Gasteiger partial charge in [0.1, 0.15) is 5.76 Å². The molecule has 2 aromatic heterocycles. The lowest BCUT2D eigenvalue weighted by atomic mass is 10.3. The molecule has 5 heteroatoms. The second-order valence-electron chi connectivity index (χ2n) is 3.01. The highest BCUT2D eigenvalue weighted by molar-refractivity contribution is 7.07. The number of nitrogens with zero attached hydrogens (tertiary/aromatic N) is 2. The molecule has 0 saturated carbocycles. The van der Waals surface area contributed by atoms with E-state index < -0.39 is 0 Å². The van der Waals surface area contributed by atoms with Gasteiger partial charge in [0.05, 0.1) is 16.9 Å². The maximum atomic E-state index is 4.95. The van der Waals surface area contributed by atoms with Crippen LogP contribution in [0.5, 0.6) is 0 Å². The van der Waals surface area contributed by atoms with E-state index in [0.717, 1.165) is 30.2 Å². The minimum absolute atomic E-state index is 0.717. The van der Waals surface area contributed by atoms with E-state index in [-0.39, 0.29) is 0 Å². The van der Waals surface area contributed by atoms with Crippen LogP contribution in [0, 0.1) is 6.92 Å². The van der Waals surface area contributed by atoms with Crippen LogP contribution < -0.4 is 5.32 Å². The van der Waals surface area contributed by atoms with Gasteiger partial charge in [-0.3, -0.25) is 0 Å². The highest BCUT2D eigenvalue weighted by atomic mass is 32.1. The quantitative estimate of drug-likeness (QED) is 0.833. The summed E-state index contributed by atoms with van der Waals surface area (Å²) in [7, 11) is 0. The molecule has 0 aromatic carbocycles. The molecule has 0 aliphatic rings. The van der Waals surface area contributed by atoms with Crippen molar-refractivity contribution in [2.45, 2.75) is 20.0 Å². The van der Waals surface area contributed by atoms with E-state index in [2.05, 4.69) is 15.5 Å². The van der Waals surface area contributed by atoms with Crippen LogP contribution in [-0.2, 0) is 13.1 Å². The average molecular weight is 209 g/mol.